The van der Waals surface area contributed by atoms with Crippen LogP contribution in [0.5, 0.6) is 11.5 Å². The molecule has 0 fully saturated rings. The lowest BCUT2D eigenvalue weighted by Crippen LogP contribution is -2.32. The van der Waals surface area contributed by atoms with Crippen molar-refractivity contribution in [3.8, 4) is 22.1 Å². The molecular formula is C31H26F5N5O3S. The van der Waals surface area contributed by atoms with Gasteiger partial charge in [0.05, 0.1) is 38.6 Å². The normalized spacial score (nSPS) is 11.5. The van der Waals surface area contributed by atoms with E-state index in [-0.39, 0.29) is 11.4 Å². The molecule has 5 rings (SSSR count). The maximum atomic E-state index is 15.1. The Morgan fingerprint density at radius 2 is 1.80 bits per heavy atom. The molecule has 0 radical (unpaired) electrons. The summed E-state index contributed by atoms with van der Waals surface area (Å²) in [6.45, 7) is 1.99. The number of pyridine rings is 2. The third kappa shape index (κ3) is 7.53. The molecule has 3 aromatic heterocycles. The molecule has 0 unspecified atom stereocenters. The van der Waals surface area contributed by atoms with Gasteiger partial charge in [0.25, 0.3) is 0 Å². The first kappa shape index (κ1) is 31.8. The highest BCUT2D eigenvalue weighted by molar-refractivity contribution is 7.22. The molecule has 3 heterocycles. The Hall–Kier alpha value is -4.66. The Bertz CT molecular complexity index is 1810. The number of nitrogens with one attached hydrogen (secondary N) is 2. The summed E-state index contributed by atoms with van der Waals surface area (Å²) in [6.07, 6.45) is -1.41. The number of hydrogen-bond donors (Lipinski definition) is 2. The van der Waals surface area contributed by atoms with Gasteiger partial charge in [0.2, 0.25) is 0 Å². The number of amides is 2. The molecule has 0 aliphatic heterocycles. The Balaban J connectivity index is 1.28. The molecule has 2 amide bonds. The van der Waals surface area contributed by atoms with Crippen molar-refractivity contribution < 1.29 is 36.2 Å². The molecule has 0 aliphatic carbocycles. The maximum Gasteiger partial charge on any atom is 0.416 e. The van der Waals surface area contributed by atoms with Gasteiger partial charge in [-0.25, -0.2) is 13.6 Å². The van der Waals surface area contributed by atoms with Gasteiger partial charge in [-0.3, -0.25) is 14.9 Å². The summed E-state index contributed by atoms with van der Waals surface area (Å²) in [5.74, 6) is -1.64. The Morgan fingerprint density at radius 1 is 0.978 bits per heavy atom. The van der Waals surface area contributed by atoms with Crippen LogP contribution in [0.15, 0.2) is 73.1 Å². The van der Waals surface area contributed by atoms with Crippen LogP contribution in [0.4, 0.5) is 38.1 Å². The molecule has 234 valence electrons. The summed E-state index contributed by atoms with van der Waals surface area (Å²) >= 11 is 1.38. The van der Waals surface area contributed by atoms with Crippen LogP contribution in [-0.2, 0) is 17.5 Å². The van der Waals surface area contributed by atoms with E-state index in [2.05, 4.69) is 20.6 Å². The SMILES string of the molecule is COCCNCc1ccc(-c2cc3nccc(Oc4ccc(NC(=O)N(C)c5cc(C(F)(F)F)ccc5F)cc4F)c3s2)nc1. The van der Waals surface area contributed by atoms with Crippen molar-refractivity contribution in [3.63, 3.8) is 0 Å². The summed E-state index contributed by atoms with van der Waals surface area (Å²) < 4.78 is 80.1. The van der Waals surface area contributed by atoms with Gasteiger partial charge in [0.1, 0.15) is 11.6 Å². The van der Waals surface area contributed by atoms with Crippen LogP contribution in [0.3, 0.4) is 0 Å². The molecule has 14 heteroatoms. The molecule has 8 nitrogen and oxygen atoms in total. The third-order valence-corrected chi connectivity index (χ3v) is 7.77. The van der Waals surface area contributed by atoms with Crippen LogP contribution in [-0.4, -0.2) is 43.3 Å². The number of fused-ring (bicyclic) bond motifs is 1. The van der Waals surface area contributed by atoms with Crippen LogP contribution in [0.1, 0.15) is 11.1 Å². The predicted octanol–water partition coefficient (Wildman–Crippen LogP) is 7.85. The molecule has 0 saturated carbocycles. The van der Waals surface area contributed by atoms with E-state index >= 15 is 4.39 Å². The summed E-state index contributed by atoms with van der Waals surface area (Å²) in [5, 5.41) is 5.61. The van der Waals surface area contributed by atoms with Crippen molar-refractivity contribution >= 4 is 39.0 Å². The number of anilines is 2. The van der Waals surface area contributed by atoms with Gasteiger partial charge < -0.3 is 20.1 Å². The molecule has 0 atom stereocenters. The second-order valence-corrected chi connectivity index (χ2v) is 10.8. The smallest absolute Gasteiger partial charge is 0.416 e. The number of benzene rings is 2. The number of methoxy groups -OCH3 is 1. The first-order chi connectivity index (χ1) is 21.5. The molecule has 0 spiro atoms. The number of rotatable bonds is 10. The van der Waals surface area contributed by atoms with Crippen molar-refractivity contribution in [3.05, 3.63) is 95.8 Å². The number of halogens is 5. The van der Waals surface area contributed by atoms with E-state index in [1.807, 2.05) is 18.2 Å². The summed E-state index contributed by atoms with van der Waals surface area (Å²) in [4.78, 5) is 23.1. The summed E-state index contributed by atoms with van der Waals surface area (Å²) in [5.41, 5.74) is 0.652. The third-order valence-electron chi connectivity index (χ3n) is 6.61. The Morgan fingerprint density at radius 3 is 2.51 bits per heavy atom. The van der Waals surface area contributed by atoms with E-state index in [0.717, 1.165) is 35.8 Å². The number of urea groups is 1. The van der Waals surface area contributed by atoms with Crippen LogP contribution in [0.25, 0.3) is 20.8 Å². The minimum Gasteiger partial charge on any atom is -0.453 e. The second kappa shape index (κ2) is 13.5. The molecule has 0 aliphatic rings. The standard InChI is InChI=1S/C31H26F5N5O3S/c1-41(25-13-19(31(34,35)36)4-6-21(25)32)30(42)40-20-5-8-26(22(33)14-20)44-27-9-10-38-24-15-28(45-29(24)27)23-7-3-18(17-39-23)16-37-11-12-43-2/h3-10,13-15,17,37H,11-12,16H2,1-2H3,(H,40,42). The first-order valence-electron chi connectivity index (χ1n) is 13.5. The van der Waals surface area contributed by atoms with Crippen LogP contribution in [0.2, 0.25) is 0 Å². The highest BCUT2D eigenvalue weighted by atomic mass is 32.1. The minimum atomic E-state index is -4.73. The van der Waals surface area contributed by atoms with E-state index < -0.39 is 35.1 Å². The minimum absolute atomic E-state index is 0.0224. The predicted molar refractivity (Wildman–Crippen MR) is 162 cm³/mol. The van der Waals surface area contributed by atoms with E-state index in [9.17, 15) is 22.4 Å². The monoisotopic (exact) mass is 643 g/mol. The van der Waals surface area contributed by atoms with Crippen molar-refractivity contribution in [2.24, 2.45) is 0 Å². The van der Waals surface area contributed by atoms with Crippen LogP contribution in [0, 0.1) is 11.6 Å². The van der Waals surface area contributed by atoms with Crippen molar-refractivity contribution in [1.29, 1.82) is 0 Å². The van der Waals surface area contributed by atoms with Gasteiger partial charge in [-0.15, -0.1) is 11.3 Å². The van der Waals surface area contributed by atoms with E-state index in [1.54, 1.807) is 19.4 Å². The van der Waals surface area contributed by atoms with Crippen LogP contribution < -0.4 is 20.3 Å². The lowest BCUT2D eigenvalue weighted by atomic mass is 10.1. The maximum absolute atomic E-state index is 15.1. The van der Waals surface area contributed by atoms with E-state index in [1.165, 1.54) is 29.7 Å². The second-order valence-electron chi connectivity index (χ2n) is 9.76. The zero-order valence-corrected chi connectivity index (χ0v) is 24.7. The zero-order valence-electron chi connectivity index (χ0n) is 23.9. The summed E-state index contributed by atoms with van der Waals surface area (Å²) in [6, 6.07) is 11.7. The molecule has 5 aromatic rings. The number of nitrogens with zero attached hydrogens (tertiary/aromatic N) is 3. The highest BCUT2D eigenvalue weighted by Gasteiger charge is 2.32. The average Bonchev–Trinajstić information content (AvgIpc) is 3.46. The number of carbonyl (C=O) groups is 1. The molecule has 0 saturated heterocycles. The van der Waals surface area contributed by atoms with Gasteiger partial charge >= 0.3 is 12.2 Å². The molecule has 0 bridgehead atoms. The van der Waals surface area contributed by atoms with Gasteiger partial charge in [-0.1, -0.05) is 6.07 Å². The zero-order chi connectivity index (χ0) is 32.1. The van der Waals surface area contributed by atoms with E-state index in [0.29, 0.717) is 52.2 Å². The lowest BCUT2D eigenvalue weighted by Gasteiger charge is -2.20. The lowest BCUT2D eigenvalue weighted by molar-refractivity contribution is -0.137. The van der Waals surface area contributed by atoms with Gasteiger partial charge in [-0.05, 0) is 48.0 Å². The van der Waals surface area contributed by atoms with Crippen LogP contribution >= 0.6 is 11.3 Å². The quantitative estimate of drug-likeness (QED) is 0.119. The molecule has 2 N–H and O–H groups in total. The van der Waals surface area contributed by atoms with E-state index in [4.69, 9.17) is 9.47 Å². The van der Waals surface area contributed by atoms with Gasteiger partial charge in [0, 0.05) is 57.5 Å². The largest absolute Gasteiger partial charge is 0.453 e. The number of carbonyl (C=O) groups excluding carboxylic acids is 1. The molecular weight excluding hydrogens is 617 g/mol. The molecule has 2 aromatic carbocycles. The van der Waals surface area contributed by atoms with Crippen molar-refractivity contribution in [2.75, 3.05) is 37.5 Å². The first-order valence-corrected chi connectivity index (χ1v) is 14.3. The Labute approximate surface area is 258 Å². The fourth-order valence-electron chi connectivity index (χ4n) is 4.25. The van der Waals surface area contributed by atoms with Crippen molar-refractivity contribution in [1.82, 2.24) is 15.3 Å². The molecule has 45 heavy (non-hydrogen) atoms. The van der Waals surface area contributed by atoms with Gasteiger partial charge in [-0.2, -0.15) is 13.2 Å². The number of ether oxygens (including phenoxy) is 2. The number of thiophene rings is 1. The topological polar surface area (TPSA) is 88.6 Å². The number of hydrogen-bond acceptors (Lipinski definition) is 7. The van der Waals surface area contributed by atoms with Crippen molar-refractivity contribution in [2.45, 2.75) is 12.7 Å². The fraction of sp³-hybridized carbons (Fsp3) is 0.194. The Kier molecular flexibility index (Phi) is 9.56. The van der Waals surface area contributed by atoms with Gasteiger partial charge in [0.15, 0.2) is 11.6 Å². The average molecular weight is 644 g/mol. The highest BCUT2D eigenvalue weighted by Crippen LogP contribution is 2.39. The number of alkyl halides is 3. The summed E-state index contributed by atoms with van der Waals surface area (Å²) in [7, 11) is 2.74. The number of aromatic nitrogens is 2. The fourth-order valence-corrected chi connectivity index (χ4v) is 5.29.